The summed E-state index contributed by atoms with van der Waals surface area (Å²) in [6, 6.07) is 12.0. The van der Waals surface area contributed by atoms with Crippen LogP contribution in [0.1, 0.15) is 35.8 Å². The van der Waals surface area contributed by atoms with Gasteiger partial charge in [0, 0.05) is 25.5 Å². The number of aromatic nitrogens is 2. The molecule has 1 aliphatic rings. The molecule has 4 rings (SSSR count). The molecule has 0 radical (unpaired) electrons. The third-order valence-corrected chi connectivity index (χ3v) is 7.72. The van der Waals surface area contributed by atoms with Gasteiger partial charge in [0.2, 0.25) is 11.8 Å². The molecular weight excluding hydrogens is 456 g/mol. The molecular formula is C24H26N4O5S. The summed E-state index contributed by atoms with van der Waals surface area (Å²) in [4.78, 5) is 24.6. The maximum Gasteiger partial charge on any atom is 0.267 e. The van der Waals surface area contributed by atoms with Crippen LogP contribution in [0.4, 0.5) is 11.5 Å². The summed E-state index contributed by atoms with van der Waals surface area (Å²) < 4.78 is 35.3. The minimum Gasteiger partial charge on any atom is -0.495 e. The van der Waals surface area contributed by atoms with Crippen LogP contribution in [0.2, 0.25) is 0 Å². The predicted molar refractivity (Wildman–Crippen MR) is 129 cm³/mol. The fraction of sp³-hybridized carbons (Fsp3) is 0.292. The van der Waals surface area contributed by atoms with E-state index in [4.69, 9.17) is 4.74 Å². The molecule has 0 saturated carbocycles. The summed E-state index contributed by atoms with van der Waals surface area (Å²) >= 11 is 0. The Balaban J connectivity index is 1.88. The number of ether oxygens (including phenoxy) is 1. The van der Waals surface area contributed by atoms with Crippen molar-refractivity contribution in [3.63, 3.8) is 0 Å². The molecule has 0 saturated heterocycles. The van der Waals surface area contributed by atoms with Crippen molar-refractivity contribution >= 4 is 33.3 Å². The number of carbonyl (C=O) groups is 2. The lowest BCUT2D eigenvalue weighted by Gasteiger charge is -2.23. The number of rotatable bonds is 6. The van der Waals surface area contributed by atoms with Gasteiger partial charge in [0.1, 0.15) is 16.5 Å². The summed E-state index contributed by atoms with van der Waals surface area (Å²) in [5.41, 5.74) is 2.93. The van der Waals surface area contributed by atoms with E-state index in [2.05, 4.69) is 10.4 Å². The lowest BCUT2D eigenvalue weighted by molar-refractivity contribution is -0.116. The molecule has 0 aliphatic carbocycles. The number of anilines is 2. The fourth-order valence-corrected chi connectivity index (χ4v) is 5.53. The second-order valence-electron chi connectivity index (χ2n) is 7.98. The van der Waals surface area contributed by atoms with Crippen molar-refractivity contribution < 1.29 is 22.7 Å². The highest BCUT2D eigenvalue weighted by molar-refractivity contribution is 7.93. The molecule has 2 heterocycles. The molecule has 0 spiro atoms. The minimum absolute atomic E-state index is 0.0356. The van der Waals surface area contributed by atoms with Crippen LogP contribution in [0.3, 0.4) is 0 Å². The molecule has 0 unspecified atom stereocenters. The van der Waals surface area contributed by atoms with Gasteiger partial charge >= 0.3 is 0 Å². The Morgan fingerprint density at radius 2 is 1.88 bits per heavy atom. The molecule has 0 fully saturated rings. The maximum absolute atomic E-state index is 13.7. The molecule has 1 amide bonds. The summed E-state index contributed by atoms with van der Waals surface area (Å²) in [5.74, 6) is -0.186. The highest BCUT2D eigenvalue weighted by Gasteiger charge is 2.30. The van der Waals surface area contributed by atoms with Crippen LogP contribution < -0.4 is 14.4 Å². The monoisotopic (exact) mass is 482 g/mol. The van der Waals surface area contributed by atoms with Crippen LogP contribution in [-0.2, 0) is 21.2 Å². The molecule has 34 heavy (non-hydrogen) atoms. The van der Waals surface area contributed by atoms with Crippen molar-refractivity contribution in [2.24, 2.45) is 0 Å². The second-order valence-corrected chi connectivity index (χ2v) is 9.92. The maximum atomic E-state index is 13.7. The van der Waals surface area contributed by atoms with E-state index in [1.165, 1.54) is 29.2 Å². The predicted octanol–water partition coefficient (Wildman–Crippen LogP) is 3.63. The van der Waals surface area contributed by atoms with Gasteiger partial charge in [0.05, 0.1) is 18.5 Å². The van der Waals surface area contributed by atoms with Crippen molar-refractivity contribution in [3.05, 3.63) is 53.7 Å². The highest BCUT2D eigenvalue weighted by atomic mass is 32.2. The minimum atomic E-state index is -4.02. The third kappa shape index (κ3) is 3.94. The van der Waals surface area contributed by atoms with E-state index < -0.39 is 10.0 Å². The van der Waals surface area contributed by atoms with Crippen molar-refractivity contribution in [1.29, 1.82) is 0 Å². The number of amides is 1. The number of nitrogens with zero attached hydrogens (tertiary/aromatic N) is 3. The lowest BCUT2D eigenvalue weighted by atomic mass is 10.1. The van der Waals surface area contributed by atoms with E-state index in [-0.39, 0.29) is 41.1 Å². The SMILES string of the molecule is CCc1ccccc1N(C)S(=O)(=O)c1cc(-c2c(C)nn3c2NC(=O)CCC3=O)ccc1OC. The van der Waals surface area contributed by atoms with Crippen LogP contribution in [0.5, 0.6) is 5.75 Å². The number of para-hydroxylation sites is 1. The number of hydrogen-bond acceptors (Lipinski definition) is 6. The first-order valence-electron chi connectivity index (χ1n) is 10.9. The molecule has 9 nitrogen and oxygen atoms in total. The second kappa shape index (κ2) is 8.94. The number of carbonyl (C=O) groups excluding carboxylic acids is 2. The van der Waals surface area contributed by atoms with Crippen molar-refractivity contribution in [1.82, 2.24) is 9.78 Å². The molecule has 178 valence electrons. The number of benzene rings is 2. The smallest absolute Gasteiger partial charge is 0.267 e. The number of nitrogens with one attached hydrogen (secondary N) is 1. The van der Waals surface area contributed by atoms with Gasteiger partial charge in [-0.2, -0.15) is 9.78 Å². The van der Waals surface area contributed by atoms with E-state index in [1.807, 2.05) is 19.1 Å². The van der Waals surface area contributed by atoms with Crippen LogP contribution >= 0.6 is 0 Å². The standard InChI is InChI=1S/C24H26N4O5S/c1-5-16-8-6-7-9-18(16)27(3)34(31,32)20-14-17(10-11-19(20)33-4)23-15(2)26-28-22(30)13-12-21(29)25-24(23)28/h6-11,14H,5,12-13H2,1-4H3,(H,25,29). The van der Waals surface area contributed by atoms with Gasteiger partial charge < -0.3 is 10.1 Å². The number of hydrogen-bond donors (Lipinski definition) is 1. The van der Waals surface area contributed by atoms with Crippen molar-refractivity contribution in [2.75, 3.05) is 23.8 Å². The molecule has 1 N–H and O–H groups in total. The summed E-state index contributed by atoms with van der Waals surface area (Å²) in [7, 11) is -1.10. The van der Waals surface area contributed by atoms with Gasteiger partial charge in [-0.3, -0.25) is 13.9 Å². The molecule has 10 heteroatoms. The Labute approximate surface area is 198 Å². The van der Waals surface area contributed by atoms with E-state index >= 15 is 0 Å². The van der Waals surface area contributed by atoms with Crippen LogP contribution in [-0.4, -0.2) is 44.2 Å². The van der Waals surface area contributed by atoms with Crippen LogP contribution in [0.25, 0.3) is 11.1 Å². The quantitative estimate of drug-likeness (QED) is 0.574. The van der Waals surface area contributed by atoms with Gasteiger partial charge in [0.15, 0.2) is 0 Å². The van der Waals surface area contributed by atoms with Crippen molar-refractivity contribution in [2.45, 2.75) is 38.0 Å². The van der Waals surface area contributed by atoms with E-state index in [9.17, 15) is 18.0 Å². The van der Waals surface area contributed by atoms with E-state index in [0.29, 0.717) is 28.9 Å². The average Bonchev–Trinajstić information content (AvgIpc) is 3.09. The van der Waals surface area contributed by atoms with Gasteiger partial charge in [-0.1, -0.05) is 31.2 Å². The summed E-state index contributed by atoms with van der Waals surface area (Å²) in [6.45, 7) is 3.67. The summed E-state index contributed by atoms with van der Waals surface area (Å²) in [6.07, 6.45) is 0.774. The number of fused-ring (bicyclic) bond motifs is 1. The molecule has 0 bridgehead atoms. The zero-order valence-corrected chi connectivity index (χ0v) is 20.3. The van der Waals surface area contributed by atoms with Gasteiger partial charge in [-0.05, 0) is 42.7 Å². The Morgan fingerprint density at radius 3 is 2.59 bits per heavy atom. The normalized spacial score (nSPS) is 13.8. The number of methoxy groups -OCH3 is 1. The molecule has 3 aromatic rings. The van der Waals surface area contributed by atoms with E-state index in [0.717, 1.165) is 5.56 Å². The third-order valence-electron chi connectivity index (χ3n) is 5.92. The largest absolute Gasteiger partial charge is 0.495 e. The van der Waals surface area contributed by atoms with Crippen molar-refractivity contribution in [3.8, 4) is 16.9 Å². The number of aryl methyl sites for hydroxylation is 2. The van der Waals surface area contributed by atoms with Crippen LogP contribution in [0.15, 0.2) is 47.4 Å². The fourth-order valence-electron chi connectivity index (χ4n) is 4.12. The summed E-state index contributed by atoms with van der Waals surface area (Å²) in [5, 5.41) is 7.04. The Bertz CT molecular complexity index is 1390. The first-order chi connectivity index (χ1) is 16.2. The van der Waals surface area contributed by atoms with Gasteiger partial charge in [-0.25, -0.2) is 8.42 Å². The Hall–Kier alpha value is -3.66. The highest BCUT2D eigenvalue weighted by Crippen LogP contribution is 2.38. The van der Waals surface area contributed by atoms with Crippen LogP contribution in [0, 0.1) is 6.92 Å². The topological polar surface area (TPSA) is 111 Å². The van der Waals surface area contributed by atoms with Gasteiger partial charge in [-0.15, -0.1) is 0 Å². The zero-order valence-electron chi connectivity index (χ0n) is 19.5. The molecule has 1 aliphatic heterocycles. The lowest BCUT2D eigenvalue weighted by Crippen LogP contribution is -2.28. The first-order valence-corrected chi connectivity index (χ1v) is 12.3. The molecule has 0 atom stereocenters. The van der Waals surface area contributed by atoms with E-state index in [1.54, 1.807) is 31.2 Å². The first kappa shape index (κ1) is 23.5. The average molecular weight is 483 g/mol. The zero-order chi connectivity index (χ0) is 24.6. The van der Waals surface area contributed by atoms with Gasteiger partial charge in [0.25, 0.3) is 10.0 Å². The number of sulfonamides is 1. The molecule has 1 aromatic heterocycles. The Morgan fingerprint density at radius 1 is 1.15 bits per heavy atom. The Kier molecular flexibility index (Phi) is 6.18. The molecule has 2 aromatic carbocycles.